The Kier molecular flexibility index (Phi) is 6.03. The highest BCUT2D eigenvalue weighted by Crippen LogP contribution is 2.22. The third-order valence-corrected chi connectivity index (χ3v) is 4.17. The van der Waals surface area contributed by atoms with Crippen molar-refractivity contribution in [2.75, 3.05) is 26.8 Å². The average molecular weight is 312 g/mol. The molecule has 1 aliphatic rings. The Bertz CT molecular complexity index is 484. The maximum atomic E-state index is 11.6. The van der Waals surface area contributed by atoms with E-state index in [9.17, 15) is 4.79 Å². The van der Waals surface area contributed by atoms with Gasteiger partial charge in [0.25, 0.3) is 0 Å². The lowest BCUT2D eigenvalue weighted by Gasteiger charge is -2.31. The lowest BCUT2D eigenvalue weighted by atomic mass is 10.1. The highest BCUT2D eigenvalue weighted by molar-refractivity contribution is 6.31. The second-order valence-corrected chi connectivity index (χ2v) is 5.64. The molecule has 1 aromatic rings. The van der Waals surface area contributed by atoms with Crippen molar-refractivity contribution in [3.8, 4) is 0 Å². The van der Waals surface area contributed by atoms with E-state index in [1.165, 1.54) is 7.11 Å². The number of carbonyl (C=O) groups is 1. The molecule has 21 heavy (non-hydrogen) atoms. The van der Waals surface area contributed by atoms with Crippen molar-refractivity contribution >= 4 is 17.6 Å². The monoisotopic (exact) mass is 311 g/mol. The number of ether oxygens (including phenoxy) is 2. The molecule has 0 spiro atoms. The SMILES string of the molecule is CCOC1CCN(Cc2cc(C(=O)OC)ccc2Cl)CC1. The first-order valence-corrected chi connectivity index (χ1v) is 7.72. The second kappa shape index (κ2) is 7.78. The molecule has 0 N–H and O–H groups in total. The number of hydrogen-bond acceptors (Lipinski definition) is 4. The van der Waals surface area contributed by atoms with Gasteiger partial charge in [0.05, 0.1) is 18.8 Å². The van der Waals surface area contributed by atoms with Crippen molar-refractivity contribution in [2.45, 2.75) is 32.4 Å². The molecular weight excluding hydrogens is 290 g/mol. The molecule has 0 amide bonds. The number of carbonyl (C=O) groups excluding carboxylic acids is 1. The van der Waals surface area contributed by atoms with Gasteiger partial charge in [-0.05, 0) is 43.5 Å². The van der Waals surface area contributed by atoms with Crippen LogP contribution in [0.5, 0.6) is 0 Å². The first kappa shape index (κ1) is 16.3. The quantitative estimate of drug-likeness (QED) is 0.783. The summed E-state index contributed by atoms with van der Waals surface area (Å²) in [6.07, 6.45) is 2.47. The number of methoxy groups -OCH3 is 1. The summed E-state index contributed by atoms with van der Waals surface area (Å²) in [6, 6.07) is 5.28. The molecule has 0 aliphatic carbocycles. The number of esters is 1. The summed E-state index contributed by atoms with van der Waals surface area (Å²) in [4.78, 5) is 13.9. The summed E-state index contributed by atoms with van der Waals surface area (Å²) in [6.45, 7) is 5.54. The molecule has 0 atom stereocenters. The summed E-state index contributed by atoms with van der Waals surface area (Å²) < 4.78 is 10.4. The zero-order chi connectivity index (χ0) is 15.2. The minimum atomic E-state index is -0.331. The summed E-state index contributed by atoms with van der Waals surface area (Å²) in [5, 5.41) is 0.689. The fourth-order valence-electron chi connectivity index (χ4n) is 2.65. The molecule has 116 valence electrons. The van der Waals surface area contributed by atoms with Crippen LogP contribution in [-0.2, 0) is 16.0 Å². The van der Waals surface area contributed by atoms with E-state index in [0.29, 0.717) is 16.7 Å². The zero-order valence-electron chi connectivity index (χ0n) is 12.6. The Morgan fingerprint density at radius 1 is 1.38 bits per heavy atom. The number of halogens is 1. The standard InChI is InChI=1S/C16H22ClNO3/c1-3-21-14-6-8-18(9-7-14)11-13-10-12(16(19)20-2)4-5-15(13)17/h4-5,10,14H,3,6-9,11H2,1-2H3. The van der Waals surface area contributed by atoms with Gasteiger partial charge in [-0.2, -0.15) is 0 Å². The van der Waals surface area contributed by atoms with Crippen LogP contribution in [0.15, 0.2) is 18.2 Å². The first-order chi connectivity index (χ1) is 10.1. The number of likely N-dealkylation sites (tertiary alicyclic amines) is 1. The molecule has 1 aromatic carbocycles. The molecule has 1 fully saturated rings. The van der Waals surface area contributed by atoms with Crippen molar-refractivity contribution in [2.24, 2.45) is 0 Å². The summed E-state index contributed by atoms with van der Waals surface area (Å²) >= 11 is 6.24. The van der Waals surface area contributed by atoms with Crippen LogP contribution in [0.2, 0.25) is 5.02 Å². The third-order valence-electron chi connectivity index (χ3n) is 3.80. The van der Waals surface area contributed by atoms with Gasteiger partial charge in [0.2, 0.25) is 0 Å². The molecule has 0 unspecified atom stereocenters. The second-order valence-electron chi connectivity index (χ2n) is 5.23. The number of hydrogen-bond donors (Lipinski definition) is 0. The summed E-state index contributed by atoms with van der Waals surface area (Å²) in [7, 11) is 1.38. The Morgan fingerprint density at radius 2 is 2.10 bits per heavy atom. The molecule has 0 aromatic heterocycles. The van der Waals surface area contributed by atoms with Crippen LogP contribution in [0.3, 0.4) is 0 Å². The summed E-state index contributed by atoms with van der Waals surface area (Å²) in [5.41, 5.74) is 1.51. The van der Waals surface area contributed by atoms with Crippen molar-refractivity contribution in [3.05, 3.63) is 34.3 Å². The van der Waals surface area contributed by atoms with Crippen molar-refractivity contribution in [3.63, 3.8) is 0 Å². The van der Waals surface area contributed by atoms with Gasteiger partial charge in [-0.3, -0.25) is 4.90 Å². The molecule has 5 heteroatoms. The van der Waals surface area contributed by atoms with Crippen molar-refractivity contribution in [1.82, 2.24) is 4.90 Å². The van der Waals surface area contributed by atoms with Crippen LogP contribution in [0.1, 0.15) is 35.7 Å². The number of piperidine rings is 1. The van der Waals surface area contributed by atoms with Gasteiger partial charge in [-0.25, -0.2) is 4.79 Å². The molecular formula is C16H22ClNO3. The van der Waals surface area contributed by atoms with Gasteiger partial charge < -0.3 is 9.47 Å². The van der Waals surface area contributed by atoms with E-state index >= 15 is 0 Å². The van der Waals surface area contributed by atoms with Crippen molar-refractivity contribution in [1.29, 1.82) is 0 Å². The van der Waals surface area contributed by atoms with Crippen LogP contribution >= 0.6 is 11.6 Å². The number of benzene rings is 1. The highest BCUT2D eigenvalue weighted by atomic mass is 35.5. The Labute approximate surface area is 131 Å². The number of nitrogens with zero attached hydrogens (tertiary/aromatic N) is 1. The molecule has 1 saturated heterocycles. The van der Waals surface area contributed by atoms with E-state index in [2.05, 4.69) is 4.90 Å². The van der Waals surface area contributed by atoms with Crippen molar-refractivity contribution < 1.29 is 14.3 Å². The van der Waals surface area contributed by atoms with Gasteiger partial charge in [-0.1, -0.05) is 11.6 Å². The average Bonchev–Trinajstić information content (AvgIpc) is 2.51. The highest BCUT2D eigenvalue weighted by Gasteiger charge is 2.20. The molecule has 0 bridgehead atoms. The normalized spacial score (nSPS) is 16.9. The number of rotatable bonds is 5. The maximum Gasteiger partial charge on any atom is 0.337 e. The molecule has 4 nitrogen and oxygen atoms in total. The van der Waals surface area contributed by atoms with E-state index in [-0.39, 0.29) is 5.97 Å². The van der Waals surface area contributed by atoms with Gasteiger partial charge in [0.15, 0.2) is 0 Å². The third kappa shape index (κ3) is 4.43. The minimum Gasteiger partial charge on any atom is -0.465 e. The van der Waals surface area contributed by atoms with Crippen LogP contribution in [0.4, 0.5) is 0 Å². The largest absolute Gasteiger partial charge is 0.465 e. The van der Waals surface area contributed by atoms with E-state index in [1.54, 1.807) is 12.1 Å². The van der Waals surface area contributed by atoms with E-state index in [0.717, 1.165) is 44.6 Å². The fraction of sp³-hybridized carbons (Fsp3) is 0.562. The van der Waals surface area contributed by atoms with Crippen LogP contribution in [0.25, 0.3) is 0 Å². The topological polar surface area (TPSA) is 38.8 Å². The smallest absolute Gasteiger partial charge is 0.337 e. The molecule has 1 heterocycles. The predicted octanol–water partition coefficient (Wildman–Crippen LogP) is 3.13. The zero-order valence-corrected chi connectivity index (χ0v) is 13.4. The predicted molar refractivity (Wildman–Crippen MR) is 82.7 cm³/mol. The van der Waals surface area contributed by atoms with E-state index in [1.807, 2.05) is 13.0 Å². The lowest BCUT2D eigenvalue weighted by molar-refractivity contribution is 0.0125. The minimum absolute atomic E-state index is 0.331. The Balaban J connectivity index is 1.98. The van der Waals surface area contributed by atoms with Crippen LogP contribution in [0, 0.1) is 0 Å². The summed E-state index contributed by atoms with van der Waals surface area (Å²) in [5.74, 6) is -0.331. The van der Waals surface area contributed by atoms with Gasteiger partial charge in [0.1, 0.15) is 0 Å². The van der Waals surface area contributed by atoms with Gasteiger partial charge >= 0.3 is 5.97 Å². The first-order valence-electron chi connectivity index (χ1n) is 7.34. The Hall–Kier alpha value is -1.10. The van der Waals surface area contributed by atoms with Crippen LogP contribution < -0.4 is 0 Å². The van der Waals surface area contributed by atoms with Gasteiger partial charge in [-0.15, -0.1) is 0 Å². The molecule has 0 radical (unpaired) electrons. The van der Waals surface area contributed by atoms with E-state index < -0.39 is 0 Å². The fourth-order valence-corrected chi connectivity index (χ4v) is 2.83. The molecule has 2 rings (SSSR count). The van der Waals surface area contributed by atoms with E-state index in [4.69, 9.17) is 21.1 Å². The Morgan fingerprint density at radius 3 is 2.71 bits per heavy atom. The molecule has 1 aliphatic heterocycles. The maximum absolute atomic E-state index is 11.6. The molecule has 0 saturated carbocycles. The van der Waals surface area contributed by atoms with Crippen LogP contribution in [-0.4, -0.2) is 43.8 Å². The van der Waals surface area contributed by atoms with Gasteiger partial charge in [0, 0.05) is 31.3 Å². The lowest BCUT2D eigenvalue weighted by Crippen LogP contribution is -2.36.